The molecule has 2 atom stereocenters. The second-order valence-electron chi connectivity index (χ2n) is 9.90. The van der Waals surface area contributed by atoms with E-state index in [9.17, 15) is 18.3 Å². The molecular weight excluding hydrogens is 504 g/mol. The van der Waals surface area contributed by atoms with Crippen molar-refractivity contribution >= 4 is 44.7 Å². The molecule has 3 aromatic rings. The lowest BCUT2D eigenvalue weighted by molar-refractivity contribution is 0.0538. The minimum absolute atomic E-state index is 0.192. The first kappa shape index (κ1) is 24.8. The van der Waals surface area contributed by atoms with Gasteiger partial charge in [-0.1, -0.05) is 18.5 Å². The van der Waals surface area contributed by atoms with Crippen LogP contribution in [0.4, 0.5) is 11.5 Å². The maximum absolute atomic E-state index is 13.8. The van der Waals surface area contributed by atoms with Crippen molar-refractivity contribution in [2.75, 3.05) is 35.5 Å². The number of carbonyl (C=O) groups is 1. The number of β-amino-alcohol motifs (C(OH)–C–C–N with tert-alkyl or cyclic N) is 1. The summed E-state index contributed by atoms with van der Waals surface area (Å²) in [6.45, 7) is 5.66. The van der Waals surface area contributed by atoms with E-state index in [1.54, 1.807) is 15.5 Å². The number of nitrogens with zero attached hydrogens (tertiary/aromatic N) is 5. The number of hydrogen-bond acceptors (Lipinski definition) is 7. The Kier molecular flexibility index (Phi) is 6.34. The number of rotatable bonds is 5. The molecule has 2 saturated heterocycles. The fourth-order valence-corrected chi connectivity index (χ4v) is 5.70. The highest BCUT2D eigenvalue weighted by molar-refractivity contribution is 7.92. The van der Waals surface area contributed by atoms with Crippen molar-refractivity contribution < 1.29 is 18.3 Å². The van der Waals surface area contributed by atoms with E-state index < -0.39 is 10.0 Å². The van der Waals surface area contributed by atoms with Crippen LogP contribution in [0, 0.1) is 12.8 Å². The van der Waals surface area contributed by atoms with Gasteiger partial charge in [0.05, 0.1) is 35.3 Å². The van der Waals surface area contributed by atoms with Crippen LogP contribution in [0.1, 0.15) is 47.4 Å². The quantitative estimate of drug-likeness (QED) is 0.518. The van der Waals surface area contributed by atoms with E-state index in [4.69, 9.17) is 21.7 Å². The van der Waals surface area contributed by atoms with Crippen LogP contribution >= 0.6 is 11.6 Å². The number of aliphatic hydroxyl groups is 1. The maximum Gasteiger partial charge on any atom is 0.256 e. The number of nitrogens with one attached hydrogen (secondary N) is 1. The smallest absolute Gasteiger partial charge is 0.256 e. The van der Waals surface area contributed by atoms with Crippen LogP contribution in [-0.2, 0) is 10.0 Å². The number of halogens is 1. The SMILES string of the molecule is Cc1cn2nc(C3CCC(C)CN3C(=O)c3cc(Cl)ccc3NS(C)(=O)=O)cc2nc1N1CC(O)C1. The highest BCUT2D eigenvalue weighted by Gasteiger charge is 2.35. The number of amides is 1. The topological polar surface area (TPSA) is 120 Å². The molecule has 36 heavy (non-hydrogen) atoms. The van der Waals surface area contributed by atoms with Gasteiger partial charge >= 0.3 is 0 Å². The van der Waals surface area contributed by atoms with E-state index >= 15 is 0 Å². The van der Waals surface area contributed by atoms with Gasteiger partial charge in [-0.25, -0.2) is 17.9 Å². The van der Waals surface area contributed by atoms with Gasteiger partial charge in [0.25, 0.3) is 5.91 Å². The monoisotopic (exact) mass is 532 g/mol. The average molecular weight is 533 g/mol. The lowest BCUT2D eigenvalue weighted by Crippen LogP contribution is -2.51. The molecule has 0 bridgehead atoms. The predicted molar refractivity (Wildman–Crippen MR) is 138 cm³/mol. The largest absolute Gasteiger partial charge is 0.389 e. The van der Waals surface area contributed by atoms with Crippen molar-refractivity contribution in [3.8, 4) is 0 Å². The fourth-order valence-electron chi connectivity index (χ4n) is 4.95. The van der Waals surface area contributed by atoms with E-state index in [2.05, 4.69) is 11.6 Å². The summed E-state index contributed by atoms with van der Waals surface area (Å²) in [6, 6.07) is 6.15. The molecular formula is C24H29ClN6O4S. The third-order valence-electron chi connectivity index (χ3n) is 6.71. The number of carbonyl (C=O) groups excluding carboxylic acids is 1. The number of sulfonamides is 1. The van der Waals surface area contributed by atoms with Crippen molar-refractivity contribution in [1.82, 2.24) is 19.5 Å². The van der Waals surface area contributed by atoms with Crippen molar-refractivity contribution in [3.63, 3.8) is 0 Å². The maximum atomic E-state index is 13.8. The van der Waals surface area contributed by atoms with Crippen molar-refractivity contribution in [3.05, 3.63) is 52.3 Å². The molecule has 0 spiro atoms. The summed E-state index contributed by atoms with van der Waals surface area (Å²) in [5.41, 5.74) is 2.73. The summed E-state index contributed by atoms with van der Waals surface area (Å²) in [5.74, 6) is 0.786. The number of benzene rings is 1. The molecule has 5 rings (SSSR count). The molecule has 192 valence electrons. The minimum atomic E-state index is -3.59. The van der Waals surface area contributed by atoms with Gasteiger partial charge in [-0.3, -0.25) is 9.52 Å². The van der Waals surface area contributed by atoms with Gasteiger partial charge in [0.15, 0.2) is 5.65 Å². The molecule has 1 aromatic carbocycles. The van der Waals surface area contributed by atoms with E-state index in [0.717, 1.165) is 36.2 Å². The lowest BCUT2D eigenvalue weighted by Gasteiger charge is -2.38. The number of anilines is 2. The predicted octanol–water partition coefficient (Wildman–Crippen LogP) is 2.86. The number of piperidine rings is 1. The molecule has 0 radical (unpaired) electrons. The minimum Gasteiger partial charge on any atom is -0.389 e. The summed E-state index contributed by atoms with van der Waals surface area (Å²) < 4.78 is 28.0. The Balaban J connectivity index is 1.51. The molecule has 12 heteroatoms. The van der Waals surface area contributed by atoms with Gasteiger partial charge in [0.2, 0.25) is 10.0 Å². The molecule has 4 heterocycles. The van der Waals surface area contributed by atoms with Gasteiger partial charge in [-0.15, -0.1) is 0 Å². The van der Waals surface area contributed by atoms with E-state index in [-0.39, 0.29) is 35.2 Å². The highest BCUT2D eigenvalue weighted by atomic mass is 35.5. The van der Waals surface area contributed by atoms with Crippen LogP contribution in [0.2, 0.25) is 5.02 Å². The molecule has 0 aliphatic carbocycles. The zero-order chi connectivity index (χ0) is 25.8. The second kappa shape index (κ2) is 9.20. The van der Waals surface area contributed by atoms with Crippen LogP contribution in [0.3, 0.4) is 0 Å². The first-order chi connectivity index (χ1) is 17.0. The van der Waals surface area contributed by atoms with Gasteiger partial charge in [0.1, 0.15) is 5.82 Å². The summed E-state index contributed by atoms with van der Waals surface area (Å²) in [5, 5.41) is 14.8. The number of hydrogen-bond donors (Lipinski definition) is 2. The van der Waals surface area contributed by atoms with Gasteiger partial charge in [-0.2, -0.15) is 5.10 Å². The van der Waals surface area contributed by atoms with Crippen LogP contribution in [0.5, 0.6) is 0 Å². The lowest BCUT2D eigenvalue weighted by atomic mass is 9.91. The summed E-state index contributed by atoms with van der Waals surface area (Å²) in [6.07, 6.45) is 4.27. The Hall–Kier alpha value is -2.89. The molecule has 2 aliphatic rings. The van der Waals surface area contributed by atoms with Crippen LogP contribution in [0.15, 0.2) is 30.5 Å². The Labute approximate surface area is 214 Å². The summed E-state index contributed by atoms with van der Waals surface area (Å²) in [4.78, 5) is 22.4. The highest BCUT2D eigenvalue weighted by Crippen LogP contribution is 2.36. The zero-order valence-corrected chi connectivity index (χ0v) is 21.9. The Morgan fingerprint density at radius 1 is 1.19 bits per heavy atom. The molecule has 2 aromatic heterocycles. The number of likely N-dealkylation sites (tertiary alicyclic amines) is 1. The Morgan fingerprint density at radius 2 is 1.94 bits per heavy atom. The average Bonchev–Trinajstić information content (AvgIpc) is 3.18. The first-order valence-corrected chi connectivity index (χ1v) is 14.1. The molecule has 2 fully saturated rings. The molecule has 10 nitrogen and oxygen atoms in total. The molecule has 2 unspecified atom stereocenters. The van der Waals surface area contributed by atoms with Gasteiger partial charge in [-0.05, 0) is 43.9 Å². The van der Waals surface area contributed by atoms with E-state index in [1.807, 2.05) is 24.1 Å². The molecule has 2 N–H and O–H groups in total. The number of fused-ring (bicyclic) bond motifs is 1. The van der Waals surface area contributed by atoms with Gasteiger partial charge < -0.3 is 14.9 Å². The fraction of sp³-hybridized carbons (Fsp3) is 0.458. The third-order valence-corrected chi connectivity index (χ3v) is 7.54. The zero-order valence-electron chi connectivity index (χ0n) is 20.3. The molecule has 1 amide bonds. The van der Waals surface area contributed by atoms with E-state index in [1.165, 1.54) is 12.1 Å². The van der Waals surface area contributed by atoms with E-state index in [0.29, 0.717) is 30.3 Å². The Bertz CT molecular complexity index is 1440. The number of aromatic nitrogens is 3. The van der Waals surface area contributed by atoms with Crippen molar-refractivity contribution in [2.45, 2.75) is 38.8 Å². The van der Waals surface area contributed by atoms with Gasteiger partial charge in [0, 0.05) is 42.5 Å². The second-order valence-corrected chi connectivity index (χ2v) is 12.1. The van der Waals surface area contributed by atoms with Crippen molar-refractivity contribution in [1.29, 1.82) is 0 Å². The van der Waals surface area contributed by atoms with Crippen LogP contribution in [0.25, 0.3) is 5.65 Å². The van der Waals surface area contributed by atoms with Crippen molar-refractivity contribution in [2.24, 2.45) is 5.92 Å². The normalized spacial score (nSPS) is 21.0. The van der Waals surface area contributed by atoms with Crippen LogP contribution in [-0.4, -0.2) is 70.9 Å². The number of aliphatic hydroxyl groups excluding tert-OH is 1. The molecule has 0 saturated carbocycles. The van der Waals surface area contributed by atoms with Crippen LogP contribution < -0.4 is 9.62 Å². The Morgan fingerprint density at radius 3 is 2.64 bits per heavy atom. The first-order valence-electron chi connectivity index (χ1n) is 11.9. The standard InChI is InChI=1S/C24H29ClN6O4S/c1-14-4-7-21(20-9-22-26-23(29-12-17(32)13-29)15(2)11-31(22)27-20)30(10-14)24(33)18-8-16(25)5-6-19(18)28-36(3,34)35/h5-6,8-9,11,14,17,21,28,32H,4,7,10,12-13H2,1-3H3. The third kappa shape index (κ3) is 4.87. The summed E-state index contributed by atoms with van der Waals surface area (Å²) >= 11 is 6.20. The molecule has 2 aliphatic heterocycles. The summed E-state index contributed by atoms with van der Waals surface area (Å²) in [7, 11) is -3.59. The number of aryl methyl sites for hydroxylation is 1.